The van der Waals surface area contributed by atoms with Crippen molar-refractivity contribution in [3.8, 4) is 0 Å². The molecule has 0 aliphatic carbocycles. The van der Waals surface area contributed by atoms with Crippen molar-refractivity contribution in [1.29, 1.82) is 0 Å². The van der Waals surface area contributed by atoms with Gasteiger partial charge < -0.3 is 0 Å². The van der Waals surface area contributed by atoms with Gasteiger partial charge in [0.05, 0.1) is 6.21 Å². The number of hydrogen-bond acceptors (Lipinski definition) is 6. The van der Waals surface area contributed by atoms with E-state index in [2.05, 4.69) is 10.2 Å². The molecule has 0 radical (unpaired) electrons. The lowest BCUT2D eigenvalue weighted by Crippen LogP contribution is -2.26. The first-order chi connectivity index (χ1) is 13.7. The third-order valence-electron chi connectivity index (χ3n) is 4.03. The molecule has 6 nitrogen and oxygen atoms in total. The highest BCUT2D eigenvalue weighted by Crippen LogP contribution is 2.13. The second-order valence-corrected chi connectivity index (χ2v) is 7.99. The molecule has 3 heterocycles. The second kappa shape index (κ2) is 8.28. The molecule has 0 aliphatic rings. The van der Waals surface area contributed by atoms with Gasteiger partial charge >= 0.3 is 5.69 Å². The molecular weight excluding hydrogens is 392 g/mol. The fraction of sp³-hybridized carbons (Fsp3) is 0.100. The predicted octanol–water partition coefficient (Wildman–Crippen LogP) is 3.52. The Labute approximate surface area is 169 Å². The fourth-order valence-corrected chi connectivity index (χ4v) is 3.95. The summed E-state index contributed by atoms with van der Waals surface area (Å²) in [5.74, 6) is 0.332. The van der Waals surface area contributed by atoms with E-state index in [1.54, 1.807) is 41.8 Å². The number of thiophene rings is 2. The molecule has 0 aliphatic heterocycles. The van der Waals surface area contributed by atoms with Crippen molar-refractivity contribution in [2.75, 3.05) is 0 Å². The first kappa shape index (κ1) is 18.3. The van der Waals surface area contributed by atoms with E-state index >= 15 is 0 Å². The van der Waals surface area contributed by atoms with Crippen LogP contribution in [0.5, 0.6) is 0 Å². The molecule has 28 heavy (non-hydrogen) atoms. The van der Waals surface area contributed by atoms with E-state index in [0.29, 0.717) is 17.8 Å². The monoisotopic (exact) mass is 408 g/mol. The minimum atomic E-state index is -0.427. The molecule has 8 heteroatoms. The second-order valence-electron chi connectivity index (χ2n) is 5.97. The molecule has 0 amide bonds. The Hall–Kier alpha value is -3.10. The maximum atomic E-state index is 12.8. The summed E-state index contributed by atoms with van der Waals surface area (Å²) in [5, 5.41) is 12.6. The summed E-state index contributed by atoms with van der Waals surface area (Å²) in [6.07, 6.45) is 2.11. The Kier molecular flexibility index (Phi) is 5.41. The first-order valence-electron chi connectivity index (χ1n) is 8.58. The van der Waals surface area contributed by atoms with Crippen LogP contribution in [0.2, 0.25) is 0 Å². The molecular formula is C20H16N4O2S2. The third-order valence-corrected chi connectivity index (χ3v) is 5.71. The van der Waals surface area contributed by atoms with Crippen LogP contribution in [0.1, 0.15) is 25.9 Å². The number of nitrogens with zero attached hydrogens (tertiary/aromatic N) is 4. The number of Topliss-reactive ketones (excluding diaryl/α,β-unsaturated/α-hetero) is 1. The summed E-state index contributed by atoms with van der Waals surface area (Å²) in [7, 11) is 0. The SMILES string of the molecule is O=C(Cn1nc(Cc2cccs2)n(/N=C/c2cccs2)c1=O)c1ccccc1. The van der Waals surface area contributed by atoms with Crippen LogP contribution < -0.4 is 5.69 Å². The lowest BCUT2D eigenvalue weighted by atomic mass is 10.1. The number of aromatic nitrogens is 3. The van der Waals surface area contributed by atoms with E-state index in [1.807, 2.05) is 41.1 Å². The van der Waals surface area contributed by atoms with Crippen LogP contribution in [0.15, 0.2) is 75.3 Å². The summed E-state index contributed by atoms with van der Waals surface area (Å²) in [6, 6.07) is 16.7. The molecule has 4 aromatic rings. The van der Waals surface area contributed by atoms with Crippen molar-refractivity contribution in [3.63, 3.8) is 0 Å². The molecule has 4 rings (SSSR count). The molecule has 0 fully saturated rings. The van der Waals surface area contributed by atoms with Crippen molar-refractivity contribution >= 4 is 34.7 Å². The lowest BCUT2D eigenvalue weighted by Gasteiger charge is -1.99. The van der Waals surface area contributed by atoms with E-state index in [1.165, 1.54) is 20.7 Å². The van der Waals surface area contributed by atoms with E-state index in [4.69, 9.17) is 0 Å². The lowest BCUT2D eigenvalue weighted by molar-refractivity contribution is 0.0966. The molecule has 0 saturated heterocycles. The van der Waals surface area contributed by atoms with Crippen LogP contribution in [-0.4, -0.2) is 26.5 Å². The van der Waals surface area contributed by atoms with E-state index in [0.717, 1.165) is 9.75 Å². The standard InChI is InChI=1S/C20H16N4O2S2/c25-18(15-6-2-1-3-7-15)14-23-20(26)24(21-13-17-9-5-11-28-17)19(22-23)12-16-8-4-10-27-16/h1-11,13H,12,14H2/b21-13+. The van der Waals surface area contributed by atoms with E-state index in [9.17, 15) is 9.59 Å². The smallest absolute Gasteiger partial charge is 0.292 e. The number of carbonyl (C=O) groups is 1. The highest BCUT2D eigenvalue weighted by molar-refractivity contribution is 7.11. The van der Waals surface area contributed by atoms with E-state index < -0.39 is 5.69 Å². The summed E-state index contributed by atoms with van der Waals surface area (Å²) >= 11 is 3.12. The van der Waals surface area contributed by atoms with Gasteiger partial charge in [0.1, 0.15) is 6.54 Å². The summed E-state index contributed by atoms with van der Waals surface area (Å²) in [4.78, 5) is 27.4. The average Bonchev–Trinajstić information content (AvgIpc) is 3.46. The molecule has 0 bridgehead atoms. The molecule has 0 N–H and O–H groups in total. The largest absolute Gasteiger partial charge is 0.367 e. The van der Waals surface area contributed by atoms with Crippen LogP contribution in [0.25, 0.3) is 0 Å². The summed E-state index contributed by atoms with van der Waals surface area (Å²) < 4.78 is 2.46. The van der Waals surface area contributed by atoms with Gasteiger partial charge in [0.25, 0.3) is 0 Å². The number of carbonyl (C=O) groups excluding carboxylic acids is 1. The first-order valence-corrected chi connectivity index (χ1v) is 10.3. The van der Waals surface area contributed by atoms with Gasteiger partial charge in [-0.05, 0) is 22.9 Å². The molecule has 0 saturated carbocycles. The zero-order chi connectivity index (χ0) is 19.3. The highest BCUT2D eigenvalue weighted by Gasteiger charge is 2.17. The zero-order valence-electron chi connectivity index (χ0n) is 14.8. The fourth-order valence-electron chi connectivity index (χ4n) is 2.67. The van der Waals surface area contributed by atoms with Crippen molar-refractivity contribution in [2.45, 2.75) is 13.0 Å². The van der Waals surface area contributed by atoms with Gasteiger partial charge in [-0.1, -0.05) is 42.5 Å². The van der Waals surface area contributed by atoms with Crippen LogP contribution in [0.3, 0.4) is 0 Å². The quantitative estimate of drug-likeness (QED) is 0.347. The molecule has 140 valence electrons. The Morgan fingerprint density at radius 2 is 1.82 bits per heavy atom. The third kappa shape index (κ3) is 4.08. The van der Waals surface area contributed by atoms with Crippen LogP contribution >= 0.6 is 22.7 Å². The molecule has 0 unspecified atom stereocenters. The Balaban J connectivity index is 1.67. The minimum absolute atomic E-state index is 0.123. The summed E-state index contributed by atoms with van der Waals surface area (Å²) in [5.41, 5.74) is 0.120. The maximum Gasteiger partial charge on any atom is 0.367 e. The summed E-state index contributed by atoms with van der Waals surface area (Å²) in [6.45, 7) is -0.123. The van der Waals surface area contributed by atoms with Gasteiger partial charge in [-0.3, -0.25) is 4.79 Å². The van der Waals surface area contributed by atoms with Gasteiger partial charge in [-0.15, -0.1) is 22.7 Å². The van der Waals surface area contributed by atoms with Gasteiger partial charge in [0.15, 0.2) is 11.6 Å². The predicted molar refractivity (Wildman–Crippen MR) is 112 cm³/mol. The van der Waals surface area contributed by atoms with Gasteiger partial charge in [0.2, 0.25) is 0 Å². The van der Waals surface area contributed by atoms with Crippen LogP contribution in [-0.2, 0) is 13.0 Å². The van der Waals surface area contributed by atoms with Gasteiger partial charge in [-0.25, -0.2) is 9.48 Å². The number of ketones is 1. The van der Waals surface area contributed by atoms with Crippen molar-refractivity contribution in [1.82, 2.24) is 14.5 Å². The average molecular weight is 409 g/mol. The van der Waals surface area contributed by atoms with Crippen LogP contribution in [0.4, 0.5) is 0 Å². The minimum Gasteiger partial charge on any atom is -0.292 e. The zero-order valence-corrected chi connectivity index (χ0v) is 16.4. The van der Waals surface area contributed by atoms with E-state index in [-0.39, 0.29) is 12.3 Å². The van der Waals surface area contributed by atoms with Gasteiger partial charge in [-0.2, -0.15) is 14.9 Å². The Morgan fingerprint density at radius 1 is 1.04 bits per heavy atom. The number of hydrogen-bond donors (Lipinski definition) is 0. The van der Waals surface area contributed by atoms with Crippen LogP contribution in [0, 0.1) is 0 Å². The maximum absolute atomic E-state index is 12.8. The Bertz CT molecular complexity index is 1140. The molecule has 0 spiro atoms. The molecule has 1 aromatic carbocycles. The van der Waals surface area contributed by atoms with Crippen molar-refractivity contribution in [3.05, 3.63) is 97.0 Å². The number of rotatable bonds is 7. The molecule has 0 atom stereocenters. The number of benzene rings is 1. The normalized spacial score (nSPS) is 11.3. The van der Waals surface area contributed by atoms with Crippen molar-refractivity contribution in [2.24, 2.45) is 5.10 Å². The van der Waals surface area contributed by atoms with Crippen molar-refractivity contribution < 1.29 is 4.79 Å². The van der Waals surface area contributed by atoms with Gasteiger partial charge in [0, 0.05) is 21.7 Å². The highest BCUT2D eigenvalue weighted by atomic mass is 32.1. The topological polar surface area (TPSA) is 69.2 Å². The Morgan fingerprint density at radius 3 is 2.54 bits per heavy atom. The molecule has 3 aromatic heterocycles.